The van der Waals surface area contributed by atoms with Crippen LogP contribution in [0, 0.1) is 24.7 Å². The molecule has 2 aromatic rings. The number of thiocarbonyl (C=S) groups is 1. The number of methoxy groups -OCH3 is 1. The van der Waals surface area contributed by atoms with Crippen molar-refractivity contribution in [1.82, 2.24) is 25.9 Å². The molecular formula is C66H90ClN7O20S2. The van der Waals surface area contributed by atoms with E-state index >= 15 is 0 Å². The summed E-state index contributed by atoms with van der Waals surface area (Å²) in [5, 5.41) is 21.2. The van der Waals surface area contributed by atoms with Gasteiger partial charge in [-0.3, -0.25) is 33.6 Å². The number of ether oxygens (including phenoxy) is 6. The van der Waals surface area contributed by atoms with E-state index in [1.54, 1.807) is 53.0 Å². The standard InChI is InChI=1S/C66H90ClN7O20S2/c1-37(2)45(33-53(95)69-23-25-90-27-26-89-24-21-57(79)94-74-54(76)19-20-55(74)77)61(81)71-46(15-13-22-70-64(68)84)48(75)31-43-17-18-44(32-50(43)96(11,86)87)62(82)72(8)41(6)63(83)92-52-34-56(78)73(9)47-30-42(29-39(4)59(47)67)28-38(3)14-12-16-51(88-10)66(85)35-49(91-58(80)36-66)40(5)60-65(52,7)93-60/h12,14,16-18,29-30,32,37,40-41,45-46,49,51-52,60,85H,13,15,19-28,31,33-36H2,1-11H3,(H,69,95)(H,71,81)(H3,68,70,84)/b16-12+,38-14+/t40-,41+,45+,46+,49+,51-,52+,60+,65+,66-/m1/s1. The first-order valence-electron chi connectivity index (χ1n) is 31.8. The molecule has 0 aromatic heterocycles. The highest BCUT2D eigenvalue weighted by Crippen LogP contribution is 2.50. The highest BCUT2D eigenvalue weighted by atomic mass is 35.5. The molecule has 4 aliphatic rings. The molecule has 10 atom stereocenters. The third kappa shape index (κ3) is 20.9. The smallest absolute Gasteiger partial charge is 0.335 e. The molecule has 528 valence electrons. The first-order valence-corrected chi connectivity index (χ1v) is 34.4. The number of halogens is 1. The first-order chi connectivity index (χ1) is 45.1. The number of nitrogens with two attached hydrogens (primary N) is 1. The van der Waals surface area contributed by atoms with Crippen molar-refractivity contribution in [2.45, 2.75) is 172 Å². The van der Waals surface area contributed by atoms with Gasteiger partial charge in [0, 0.05) is 90.1 Å². The summed E-state index contributed by atoms with van der Waals surface area (Å²) < 4.78 is 62.3. The zero-order valence-corrected chi connectivity index (χ0v) is 58.5. The number of Topliss-reactive ketones (excluding diaryl/α,β-unsaturated/α-hetero) is 1. The van der Waals surface area contributed by atoms with Crippen LogP contribution in [0.5, 0.6) is 0 Å². The molecule has 4 heterocycles. The summed E-state index contributed by atoms with van der Waals surface area (Å²) in [6, 6.07) is 3.98. The number of fused-ring (bicyclic) bond motifs is 5. The number of imide groups is 1. The van der Waals surface area contributed by atoms with Crippen molar-refractivity contribution in [3.8, 4) is 0 Å². The van der Waals surface area contributed by atoms with Gasteiger partial charge in [0.1, 0.15) is 35.6 Å². The number of carbonyl (C=O) groups excluding carboxylic acids is 10. The SMILES string of the molecule is CO[C@@H]1/C=C/C=C(\C)Cc2cc(C)c(Cl)c(c2)N(C)C(=O)C[C@H](OC(=O)[C@H](C)N(C)C(=O)c2ccc(CC(=O)[C@H](CCCNC(N)=O)NC(=O)[C@@H](CC(=S)NCCOCCOCCC(=O)ON3C(=O)CCC3=O)C(C)C)c(S(C)(=O)=O)c2)[C@]2(C)O[C@H]2[C@H](C)[C@@H]2C[C@@]1(O)CC(=O)O2. The van der Waals surface area contributed by atoms with Gasteiger partial charge in [0.05, 0.1) is 78.4 Å². The van der Waals surface area contributed by atoms with Crippen LogP contribution in [0.4, 0.5) is 10.5 Å². The summed E-state index contributed by atoms with van der Waals surface area (Å²) in [6.45, 7) is 12.8. The van der Waals surface area contributed by atoms with Crippen LogP contribution < -0.4 is 26.6 Å². The normalized spacial score (nSPS) is 24.1. The van der Waals surface area contributed by atoms with Gasteiger partial charge < -0.3 is 69.8 Å². The molecule has 6 rings (SSSR count). The summed E-state index contributed by atoms with van der Waals surface area (Å²) >= 11 is 12.5. The average molecular weight is 1400 g/mol. The van der Waals surface area contributed by atoms with Crippen molar-refractivity contribution in [1.29, 1.82) is 0 Å². The van der Waals surface area contributed by atoms with Crippen LogP contribution in [-0.2, 0) is 94.3 Å². The predicted octanol–water partition coefficient (Wildman–Crippen LogP) is 4.44. The number of carbonyl (C=O) groups is 10. The summed E-state index contributed by atoms with van der Waals surface area (Å²) in [6.07, 6.45) is 1.30. The number of hydrogen-bond acceptors (Lipinski definition) is 21. The summed E-state index contributed by atoms with van der Waals surface area (Å²) in [7, 11) is 0.0762. The summed E-state index contributed by atoms with van der Waals surface area (Å²) in [4.78, 5) is 139. The van der Waals surface area contributed by atoms with Gasteiger partial charge in [-0.15, -0.1) is 5.06 Å². The van der Waals surface area contributed by atoms with Crippen molar-refractivity contribution in [2.24, 2.45) is 23.5 Å². The highest BCUT2D eigenvalue weighted by molar-refractivity contribution is 7.90. The number of benzene rings is 2. The summed E-state index contributed by atoms with van der Waals surface area (Å²) in [5.41, 5.74) is 4.85. The molecular weight excluding hydrogens is 1310 g/mol. The van der Waals surface area contributed by atoms with Gasteiger partial charge in [0.2, 0.25) is 11.8 Å². The molecule has 2 aromatic carbocycles. The first kappa shape index (κ1) is 77.8. The van der Waals surface area contributed by atoms with Gasteiger partial charge in [-0.25, -0.2) is 22.8 Å². The quantitative estimate of drug-likeness (QED) is 0.0258. The van der Waals surface area contributed by atoms with Crippen molar-refractivity contribution < 1.29 is 94.7 Å². The molecule has 30 heteroatoms. The topological polar surface area (TPSA) is 365 Å². The van der Waals surface area contributed by atoms with E-state index < -0.39 is 141 Å². The lowest BCUT2D eigenvalue weighted by molar-refractivity contribution is -0.198. The number of ketones is 1. The molecule has 96 heavy (non-hydrogen) atoms. The number of nitrogens with zero attached hydrogens (tertiary/aromatic N) is 3. The number of hydrogen-bond donors (Lipinski definition) is 5. The molecule has 3 saturated heterocycles. The fourth-order valence-corrected chi connectivity index (χ4v) is 13.2. The maximum absolute atomic E-state index is 14.5. The predicted molar refractivity (Wildman–Crippen MR) is 354 cm³/mol. The van der Waals surface area contributed by atoms with E-state index in [-0.39, 0.29) is 113 Å². The van der Waals surface area contributed by atoms with Gasteiger partial charge in [-0.05, 0) is 87.8 Å². The average Bonchev–Trinajstić information content (AvgIpc) is 1.56. The number of nitrogens with one attached hydrogen (secondary N) is 3. The van der Waals surface area contributed by atoms with Crippen LogP contribution in [-0.4, -0.2) is 202 Å². The fourth-order valence-electron chi connectivity index (χ4n) is 11.7. The molecule has 0 saturated carbocycles. The maximum atomic E-state index is 14.5. The van der Waals surface area contributed by atoms with Gasteiger partial charge >= 0.3 is 23.9 Å². The van der Waals surface area contributed by atoms with E-state index in [0.29, 0.717) is 32.7 Å². The number of allylic oxidation sites excluding steroid dienone is 3. The molecule has 0 radical (unpaired) electrons. The Morgan fingerprint density at radius 2 is 1.64 bits per heavy atom. The van der Waals surface area contributed by atoms with Crippen LogP contribution in [0.25, 0.3) is 0 Å². The van der Waals surface area contributed by atoms with E-state index in [4.69, 9.17) is 62.8 Å². The zero-order chi connectivity index (χ0) is 71.1. The molecule has 3 fully saturated rings. The number of rotatable bonds is 28. The van der Waals surface area contributed by atoms with E-state index in [0.717, 1.165) is 28.4 Å². The molecule has 4 aliphatic heterocycles. The number of epoxide rings is 1. The van der Waals surface area contributed by atoms with Crippen molar-refractivity contribution in [3.63, 3.8) is 0 Å². The highest BCUT2D eigenvalue weighted by Gasteiger charge is 2.64. The molecule has 0 aliphatic carbocycles. The molecule has 4 bridgehead atoms. The third-order valence-electron chi connectivity index (χ3n) is 17.6. The van der Waals surface area contributed by atoms with Gasteiger partial charge in [-0.2, -0.15) is 0 Å². The number of aryl methyl sites for hydroxylation is 1. The minimum atomic E-state index is -4.20. The number of esters is 2. The second-order valence-corrected chi connectivity index (χ2v) is 28.3. The van der Waals surface area contributed by atoms with Gasteiger partial charge in [-0.1, -0.05) is 80.5 Å². The molecule has 0 unspecified atom stereocenters. The zero-order valence-electron chi connectivity index (χ0n) is 56.2. The van der Waals surface area contributed by atoms with Crippen molar-refractivity contribution in [2.75, 3.05) is 71.9 Å². The molecule has 7 amide bonds. The van der Waals surface area contributed by atoms with Crippen LogP contribution in [0.15, 0.2) is 59.0 Å². The third-order valence-corrected chi connectivity index (χ3v) is 19.6. The number of aliphatic hydroxyl groups is 1. The monoisotopic (exact) mass is 1400 g/mol. The number of hydroxylamine groups is 2. The minimum absolute atomic E-state index is 0.00240. The number of sulfone groups is 1. The lowest BCUT2D eigenvalue weighted by atomic mass is 9.78. The van der Waals surface area contributed by atoms with Gasteiger partial charge in [0.15, 0.2) is 15.6 Å². The van der Waals surface area contributed by atoms with Crippen LogP contribution in [0.3, 0.4) is 0 Å². The van der Waals surface area contributed by atoms with E-state index in [1.807, 2.05) is 26.0 Å². The number of urea groups is 1. The molecule has 0 spiro atoms. The van der Waals surface area contributed by atoms with Crippen LogP contribution in [0.1, 0.15) is 126 Å². The van der Waals surface area contributed by atoms with Gasteiger partial charge in [0.25, 0.3) is 17.7 Å². The largest absolute Gasteiger partial charge is 0.462 e. The maximum Gasteiger partial charge on any atom is 0.335 e. The number of primary amides is 1. The van der Waals surface area contributed by atoms with Crippen molar-refractivity contribution >= 4 is 104 Å². The Hall–Kier alpha value is -7.25. The van der Waals surface area contributed by atoms with E-state index in [2.05, 4.69) is 16.0 Å². The minimum Gasteiger partial charge on any atom is -0.462 e. The van der Waals surface area contributed by atoms with E-state index in [1.165, 1.54) is 38.1 Å². The Bertz CT molecular complexity index is 3440. The Labute approximate surface area is 570 Å². The second-order valence-electron chi connectivity index (χ2n) is 25.4. The number of anilines is 1. The second kappa shape index (κ2) is 34.3. The molecule has 6 N–H and O–H groups in total. The Kier molecular flexibility index (Phi) is 27.8. The Morgan fingerprint density at radius 3 is 2.28 bits per heavy atom. The lowest BCUT2D eigenvalue weighted by Gasteiger charge is -2.41. The summed E-state index contributed by atoms with van der Waals surface area (Å²) in [5.74, 6) is -7.75. The van der Waals surface area contributed by atoms with E-state index in [9.17, 15) is 61.5 Å². The number of likely N-dealkylation sites (N-methyl/N-ethyl adjacent to an activating group) is 1. The van der Waals surface area contributed by atoms with Crippen molar-refractivity contribution in [3.05, 3.63) is 81.4 Å². The Morgan fingerprint density at radius 1 is 0.958 bits per heavy atom. The van der Waals surface area contributed by atoms with Crippen LogP contribution in [0.2, 0.25) is 5.02 Å². The molecule has 27 nitrogen and oxygen atoms in total. The fraction of sp³-hybridized carbons (Fsp3) is 0.591. The Balaban J connectivity index is 1.13. The number of amides is 7. The van der Waals surface area contributed by atoms with Crippen LogP contribution >= 0.6 is 23.8 Å². The lowest BCUT2D eigenvalue weighted by Crippen LogP contribution is -2.53.